The van der Waals surface area contributed by atoms with E-state index in [4.69, 9.17) is 40.5 Å². The lowest BCUT2D eigenvalue weighted by Gasteiger charge is -2.21. The van der Waals surface area contributed by atoms with Crippen LogP contribution in [0.1, 0.15) is 24.4 Å². The second-order valence-electron chi connectivity index (χ2n) is 4.11. The van der Waals surface area contributed by atoms with Crippen LogP contribution >= 0.6 is 34.8 Å². The third-order valence-corrected chi connectivity index (χ3v) is 4.03. The molecule has 2 atom stereocenters. The van der Waals surface area contributed by atoms with E-state index < -0.39 is 12.1 Å². The fraction of sp³-hybridized carbons (Fsp3) is 0.455. The van der Waals surface area contributed by atoms with E-state index in [0.29, 0.717) is 20.6 Å². The third-order valence-electron chi connectivity index (χ3n) is 2.89. The third kappa shape index (κ3) is 2.31. The molecule has 1 aromatic carbocycles. The zero-order valence-corrected chi connectivity index (χ0v) is 10.7. The highest BCUT2D eigenvalue weighted by molar-refractivity contribution is 6.44. The molecular weight excluding hydrogens is 268 g/mol. The number of benzene rings is 1. The fourth-order valence-corrected chi connectivity index (χ4v) is 2.54. The number of aliphatic hydroxyl groups is 1. The molecule has 0 amide bonds. The minimum atomic E-state index is -0.603. The van der Waals surface area contributed by atoms with Gasteiger partial charge >= 0.3 is 0 Å². The molecule has 3 N–H and O–H groups in total. The van der Waals surface area contributed by atoms with Gasteiger partial charge in [-0.25, -0.2) is 0 Å². The van der Waals surface area contributed by atoms with Gasteiger partial charge in [0.15, 0.2) is 0 Å². The second kappa shape index (κ2) is 4.71. The largest absolute Gasteiger partial charge is 0.391 e. The Hall–Kier alpha value is 0.01000. The molecule has 0 bridgehead atoms. The quantitative estimate of drug-likeness (QED) is 0.833. The van der Waals surface area contributed by atoms with Crippen molar-refractivity contribution < 1.29 is 5.11 Å². The maximum absolute atomic E-state index is 9.97. The van der Waals surface area contributed by atoms with E-state index in [1.54, 1.807) is 12.1 Å². The molecule has 0 radical (unpaired) electrons. The van der Waals surface area contributed by atoms with Crippen LogP contribution < -0.4 is 5.73 Å². The van der Waals surface area contributed by atoms with Crippen molar-refractivity contribution in [3.63, 3.8) is 0 Å². The molecule has 2 rings (SSSR count). The van der Waals surface area contributed by atoms with E-state index in [1.807, 2.05) is 0 Å². The van der Waals surface area contributed by atoms with E-state index >= 15 is 0 Å². The second-order valence-corrected chi connectivity index (χ2v) is 5.30. The monoisotopic (exact) mass is 279 g/mol. The summed E-state index contributed by atoms with van der Waals surface area (Å²) in [6, 6.07) is 2.68. The summed E-state index contributed by atoms with van der Waals surface area (Å²) in [4.78, 5) is 0. The zero-order chi connectivity index (χ0) is 11.9. The van der Waals surface area contributed by atoms with Gasteiger partial charge in [0.1, 0.15) is 0 Å². The number of hydrogen-bond acceptors (Lipinski definition) is 2. The molecule has 0 saturated heterocycles. The Balaban J connectivity index is 2.34. The topological polar surface area (TPSA) is 46.2 Å². The molecule has 0 aromatic heterocycles. The van der Waals surface area contributed by atoms with Crippen LogP contribution in [0.5, 0.6) is 0 Å². The van der Waals surface area contributed by atoms with Crippen molar-refractivity contribution in [1.82, 2.24) is 0 Å². The SMILES string of the molecule is N[C@H](c1c(Cl)ccc(Cl)c1Cl)[C@@H](O)C1CC1. The summed E-state index contributed by atoms with van der Waals surface area (Å²) in [5.41, 5.74) is 6.51. The first kappa shape index (κ1) is 12.5. The van der Waals surface area contributed by atoms with Gasteiger partial charge in [-0.2, -0.15) is 0 Å². The van der Waals surface area contributed by atoms with Gasteiger partial charge in [-0.1, -0.05) is 34.8 Å². The van der Waals surface area contributed by atoms with E-state index in [1.165, 1.54) is 0 Å². The Bertz CT molecular complexity index is 406. The number of aliphatic hydroxyl groups excluding tert-OH is 1. The van der Waals surface area contributed by atoms with Crippen LogP contribution in [0.15, 0.2) is 12.1 Å². The van der Waals surface area contributed by atoms with Gasteiger partial charge in [-0.3, -0.25) is 0 Å². The van der Waals surface area contributed by atoms with Gasteiger partial charge in [0.05, 0.1) is 22.2 Å². The lowest BCUT2D eigenvalue weighted by molar-refractivity contribution is 0.122. The predicted octanol–water partition coefficient (Wildman–Crippen LogP) is 3.42. The Morgan fingerprint density at radius 3 is 2.31 bits per heavy atom. The molecule has 0 unspecified atom stereocenters. The van der Waals surface area contributed by atoms with Crippen molar-refractivity contribution in [1.29, 1.82) is 0 Å². The zero-order valence-electron chi connectivity index (χ0n) is 8.46. The highest BCUT2D eigenvalue weighted by atomic mass is 35.5. The Kier molecular flexibility index (Phi) is 3.67. The predicted molar refractivity (Wildman–Crippen MR) is 67.1 cm³/mol. The van der Waals surface area contributed by atoms with Crippen molar-refractivity contribution in [2.45, 2.75) is 25.0 Å². The summed E-state index contributed by atoms with van der Waals surface area (Å²) in [5, 5.41) is 11.1. The van der Waals surface area contributed by atoms with Gasteiger partial charge in [0, 0.05) is 10.6 Å². The van der Waals surface area contributed by atoms with Crippen molar-refractivity contribution in [2.75, 3.05) is 0 Å². The summed E-state index contributed by atoms with van der Waals surface area (Å²) in [7, 11) is 0. The molecule has 1 aromatic rings. The molecule has 0 heterocycles. The van der Waals surface area contributed by atoms with Crippen LogP contribution in [0.3, 0.4) is 0 Å². The van der Waals surface area contributed by atoms with Crippen LogP contribution in [-0.4, -0.2) is 11.2 Å². The average Bonchev–Trinajstić information content (AvgIpc) is 3.06. The van der Waals surface area contributed by atoms with Crippen molar-refractivity contribution in [3.8, 4) is 0 Å². The maximum atomic E-state index is 9.97. The molecule has 5 heteroatoms. The first-order chi connectivity index (χ1) is 7.52. The molecule has 88 valence electrons. The van der Waals surface area contributed by atoms with Crippen molar-refractivity contribution in [2.24, 2.45) is 11.7 Å². The molecule has 1 aliphatic carbocycles. The van der Waals surface area contributed by atoms with Crippen LogP contribution in [-0.2, 0) is 0 Å². The van der Waals surface area contributed by atoms with Crippen molar-refractivity contribution >= 4 is 34.8 Å². The molecule has 2 nitrogen and oxygen atoms in total. The standard InChI is InChI=1S/C11H12Cl3NO/c12-6-3-4-7(13)9(14)8(6)10(15)11(16)5-1-2-5/h3-5,10-11,16H,1-2,15H2/t10-,11+/m1/s1. The van der Waals surface area contributed by atoms with Gasteiger partial charge in [0.25, 0.3) is 0 Å². The summed E-state index contributed by atoms with van der Waals surface area (Å²) >= 11 is 18.0. The molecule has 16 heavy (non-hydrogen) atoms. The normalized spacial score (nSPS) is 19.6. The first-order valence-electron chi connectivity index (χ1n) is 5.09. The minimum absolute atomic E-state index is 0.265. The van der Waals surface area contributed by atoms with Crippen LogP contribution in [0.2, 0.25) is 15.1 Å². The summed E-state index contributed by atoms with van der Waals surface area (Å²) in [5.74, 6) is 0.265. The molecule has 0 aliphatic heterocycles. The fourth-order valence-electron chi connectivity index (χ4n) is 1.75. The number of nitrogens with two attached hydrogens (primary N) is 1. The van der Waals surface area contributed by atoms with Gasteiger partial charge in [-0.05, 0) is 30.9 Å². The van der Waals surface area contributed by atoms with Gasteiger partial charge in [-0.15, -0.1) is 0 Å². The average molecular weight is 281 g/mol. The highest BCUT2D eigenvalue weighted by Gasteiger charge is 2.35. The van der Waals surface area contributed by atoms with Gasteiger partial charge in [0.2, 0.25) is 0 Å². The summed E-state index contributed by atoms with van der Waals surface area (Å²) in [6.45, 7) is 0. The Morgan fingerprint density at radius 1 is 1.19 bits per heavy atom. The Morgan fingerprint density at radius 2 is 1.75 bits per heavy atom. The molecule has 1 aliphatic rings. The molecule has 0 spiro atoms. The Labute approximate surface area is 109 Å². The minimum Gasteiger partial charge on any atom is -0.391 e. The molecule has 1 fully saturated rings. The summed E-state index contributed by atoms with van der Waals surface area (Å²) in [6.07, 6.45) is 1.41. The van der Waals surface area contributed by atoms with E-state index in [-0.39, 0.29) is 5.92 Å². The summed E-state index contributed by atoms with van der Waals surface area (Å²) < 4.78 is 0. The van der Waals surface area contributed by atoms with Crippen molar-refractivity contribution in [3.05, 3.63) is 32.8 Å². The highest BCUT2D eigenvalue weighted by Crippen LogP contribution is 2.42. The smallest absolute Gasteiger partial charge is 0.0761 e. The van der Waals surface area contributed by atoms with E-state index in [9.17, 15) is 5.11 Å². The molecular formula is C11H12Cl3NO. The van der Waals surface area contributed by atoms with Crippen LogP contribution in [0.4, 0.5) is 0 Å². The lowest BCUT2D eigenvalue weighted by atomic mass is 9.99. The molecule has 1 saturated carbocycles. The van der Waals surface area contributed by atoms with E-state index in [0.717, 1.165) is 12.8 Å². The first-order valence-corrected chi connectivity index (χ1v) is 6.22. The van der Waals surface area contributed by atoms with Gasteiger partial charge < -0.3 is 10.8 Å². The lowest BCUT2D eigenvalue weighted by Crippen LogP contribution is -2.28. The van der Waals surface area contributed by atoms with Crippen LogP contribution in [0.25, 0.3) is 0 Å². The van der Waals surface area contributed by atoms with Crippen LogP contribution in [0, 0.1) is 5.92 Å². The number of halogens is 3. The maximum Gasteiger partial charge on any atom is 0.0761 e. The number of rotatable bonds is 3. The number of hydrogen-bond donors (Lipinski definition) is 2. The van der Waals surface area contributed by atoms with E-state index in [2.05, 4.69) is 0 Å².